The molecule has 0 aromatic heterocycles. The molecule has 1 aromatic rings. The van der Waals surface area contributed by atoms with Gasteiger partial charge in [0.1, 0.15) is 5.75 Å². The van der Waals surface area contributed by atoms with Crippen molar-refractivity contribution in [1.29, 1.82) is 0 Å². The largest absolute Gasteiger partial charge is 0.495 e. The van der Waals surface area contributed by atoms with Crippen molar-refractivity contribution < 1.29 is 9.53 Å². The van der Waals surface area contributed by atoms with Crippen LogP contribution in [-0.4, -0.2) is 37.6 Å². The van der Waals surface area contributed by atoms with E-state index in [1.54, 1.807) is 7.11 Å². The Morgan fingerprint density at radius 2 is 2.16 bits per heavy atom. The van der Waals surface area contributed by atoms with Crippen molar-refractivity contribution in [2.75, 3.05) is 37.8 Å². The number of nitrogen functional groups attached to an aromatic ring is 1. The fourth-order valence-corrected chi connectivity index (χ4v) is 2.30. The summed E-state index contributed by atoms with van der Waals surface area (Å²) < 4.78 is 5.15. The molecule has 0 saturated carbocycles. The maximum atomic E-state index is 11.9. The van der Waals surface area contributed by atoms with Gasteiger partial charge in [0, 0.05) is 26.1 Å². The van der Waals surface area contributed by atoms with Gasteiger partial charge in [0.2, 0.25) is 5.91 Å². The molecule has 0 aliphatic carbocycles. The van der Waals surface area contributed by atoms with Gasteiger partial charge < -0.3 is 20.7 Å². The summed E-state index contributed by atoms with van der Waals surface area (Å²) in [7, 11) is 1.59. The molecule has 3 N–H and O–H groups in total. The molecule has 5 nitrogen and oxygen atoms in total. The van der Waals surface area contributed by atoms with Crippen LogP contribution in [0, 0.1) is 0 Å². The van der Waals surface area contributed by atoms with E-state index in [4.69, 9.17) is 10.5 Å². The Bertz CT molecular complexity index is 442. The molecule has 1 fully saturated rings. The molecule has 1 heterocycles. The number of nitrogens with two attached hydrogens (primary N) is 1. The zero-order valence-corrected chi connectivity index (χ0v) is 11.3. The van der Waals surface area contributed by atoms with Gasteiger partial charge in [0.25, 0.3) is 0 Å². The highest BCUT2D eigenvalue weighted by atomic mass is 16.5. The third-order valence-corrected chi connectivity index (χ3v) is 3.40. The van der Waals surface area contributed by atoms with E-state index in [9.17, 15) is 4.79 Å². The van der Waals surface area contributed by atoms with Gasteiger partial charge in [-0.1, -0.05) is 6.07 Å². The molecule has 1 aliphatic heterocycles. The minimum atomic E-state index is 0.214. The fraction of sp³-hybridized carbons (Fsp3) is 0.500. The van der Waals surface area contributed by atoms with Crippen LogP contribution >= 0.6 is 0 Å². The smallest absolute Gasteiger partial charge is 0.224 e. The number of rotatable bonds is 5. The molecule has 19 heavy (non-hydrogen) atoms. The number of methoxy groups -OCH3 is 1. The molecule has 0 spiro atoms. The fourth-order valence-electron chi connectivity index (χ4n) is 2.30. The number of carbonyl (C=O) groups excluding carboxylic acids is 1. The van der Waals surface area contributed by atoms with Crippen molar-refractivity contribution in [2.24, 2.45) is 0 Å². The molecule has 1 amide bonds. The quantitative estimate of drug-likeness (QED) is 0.793. The topological polar surface area (TPSA) is 67.6 Å². The van der Waals surface area contributed by atoms with Gasteiger partial charge in [0.15, 0.2) is 0 Å². The number of anilines is 2. The summed E-state index contributed by atoms with van der Waals surface area (Å²) in [6.45, 7) is 2.40. The molecular weight excluding hydrogens is 242 g/mol. The average molecular weight is 263 g/mol. The van der Waals surface area contributed by atoms with E-state index in [0.717, 1.165) is 31.6 Å². The highest BCUT2D eigenvalue weighted by molar-refractivity contribution is 5.78. The second-order valence-corrected chi connectivity index (χ2v) is 4.69. The second kappa shape index (κ2) is 6.31. The van der Waals surface area contributed by atoms with E-state index in [0.29, 0.717) is 24.4 Å². The van der Waals surface area contributed by atoms with Crippen molar-refractivity contribution in [3.8, 4) is 5.75 Å². The van der Waals surface area contributed by atoms with Crippen molar-refractivity contribution in [3.63, 3.8) is 0 Å². The minimum absolute atomic E-state index is 0.214. The molecule has 2 rings (SSSR count). The van der Waals surface area contributed by atoms with Gasteiger partial charge in [-0.05, 0) is 25.0 Å². The Hall–Kier alpha value is -1.91. The lowest BCUT2D eigenvalue weighted by Gasteiger charge is -2.16. The van der Waals surface area contributed by atoms with Crippen LogP contribution in [0.2, 0.25) is 0 Å². The Morgan fingerprint density at radius 1 is 1.42 bits per heavy atom. The van der Waals surface area contributed by atoms with Gasteiger partial charge in [-0.25, -0.2) is 0 Å². The van der Waals surface area contributed by atoms with Crippen LogP contribution in [0.3, 0.4) is 0 Å². The number of hydrogen-bond acceptors (Lipinski definition) is 4. The molecule has 0 unspecified atom stereocenters. The first-order valence-electron chi connectivity index (χ1n) is 6.66. The van der Waals surface area contributed by atoms with Crippen molar-refractivity contribution >= 4 is 17.3 Å². The Labute approximate surface area is 113 Å². The predicted octanol–water partition coefficient (Wildman–Crippen LogP) is 1.70. The first-order chi connectivity index (χ1) is 9.22. The van der Waals surface area contributed by atoms with E-state index in [1.807, 2.05) is 23.1 Å². The van der Waals surface area contributed by atoms with Crippen LogP contribution in [0.15, 0.2) is 18.2 Å². The number of carbonyl (C=O) groups is 1. The summed E-state index contributed by atoms with van der Waals surface area (Å²) in [5.41, 5.74) is 7.35. The number of amides is 1. The van der Waals surface area contributed by atoms with E-state index in [1.165, 1.54) is 0 Å². The average Bonchev–Trinajstić information content (AvgIpc) is 2.94. The van der Waals surface area contributed by atoms with Gasteiger partial charge in [-0.2, -0.15) is 0 Å². The van der Waals surface area contributed by atoms with Gasteiger partial charge in [-0.3, -0.25) is 4.79 Å². The number of hydrogen-bond donors (Lipinski definition) is 2. The highest BCUT2D eigenvalue weighted by Crippen LogP contribution is 2.28. The number of para-hydroxylation sites is 1. The standard InChI is InChI=1S/C14H21N3O2/c1-19-12-6-4-5-11(14(12)15)16-8-7-13(18)17-9-2-3-10-17/h4-6,16H,2-3,7-10,15H2,1H3. The van der Waals surface area contributed by atoms with E-state index >= 15 is 0 Å². The van der Waals surface area contributed by atoms with Gasteiger partial charge in [0.05, 0.1) is 18.5 Å². The summed E-state index contributed by atoms with van der Waals surface area (Å²) in [6, 6.07) is 5.58. The number of nitrogens with zero attached hydrogens (tertiary/aromatic N) is 1. The normalized spacial score (nSPS) is 14.5. The van der Waals surface area contributed by atoms with E-state index < -0.39 is 0 Å². The predicted molar refractivity (Wildman–Crippen MR) is 76.3 cm³/mol. The molecule has 1 aromatic carbocycles. The van der Waals surface area contributed by atoms with Crippen molar-refractivity contribution in [3.05, 3.63) is 18.2 Å². The maximum absolute atomic E-state index is 11.9. The van der Waals surface area contributed by atoms with Gasteiger partial charge >= 0.3 is 0 Å². The Kier molecular flexibility index (Phi) is 4.49. The van der Waals surface area contributed by atoms with Crippen LogP contribution in [-0.2, 0) is 4.79 Å². The first kappa shape index (κ1) is 13.5. The lowest BCUT2D eigenvalue weighted by Crippen LogP contribution is -2.29. The highest BCUT2D eigenvalue weighted by Gasteiger charge is 2.17. The SMILES string of the molecule is COc1cccc(NCCC(=O)N2CCCC2)c1N. The monoisotopic (exact) mass is 263 g/mol. The molecule has 5 heteroatoms. The molecular formula is C14H21N3O2. The Morgan fingerprint density at radius 3 is 2.84 bits per heavy atom. The molecule has 0 radical (unpaired) electrons. The zero-order chi connectivity index (χ0) is 13.7. The zero-order valence-electron chi connectivity index (χ0n) is 11.3. The Balaban J connectivity index is 1.83. The van der Waals surface area contributed by atoms with Crippen LogP contribution in [0.5, 0.6) is 5.75 Å². The molecule has 0 bridgehead atoms. The third kappa shape index (κ3) is 3.30. The van der Waals surface area contributed by atoms with E-state index in [2.05, 4.69) is 5.32 Å². The summed E-state index contributed by atoms with van der Waals surface area (Å²) in [5.74, 6) is 0.863. The van der Waals surface area contributed by atoms with Gasteiger partial charge in [-0.15, -0.1) is 0 Å². The first-order valence-corrected chi connectivity index (χ1v) is 6.66. The van der Waals surface area contributed by atoms with Crippen LogP contribution in [0.25, 0.3) is 0 Å². The lowest BCUT2D eigenvalue weighted by molar-refractivity contribution is -0.129. The molecule has 1 saturated heterocycles. The number of benzene rings is 1. The number of likely N-dealkylation sites (tertiary alicyclic amines) is 1. The summed E-state index contributed by atoms with van der Waals surface area (Å²) in [4.78, 5) is 13.8. The lowest BCUT2D eigenvalue weighted by atomic mass is 10.2. The summed E-state index contributed by atoms with van der Waals surface area (Å²) in [5, 5.41) is 3.19. The van der Waals surface area contributed by atoms with Crippen LogP contribution in [0.4, 0.5) is 11.4 Å². The summed E-state index contributed by atoms with van der Waals surface area (Å²) in [6.07, 6.45) is 2.75. The maximum Gasteiger partial charge on any atom is 0.224 e. The number of ether oxygens (including phenoxy) is 1. The second-order valence-electron chi connectivity index (χ2n) is 4.69. The summed E-state index contributed by atoms with van der Waals surface area (Å²) >= 11 is 0. The number of nitrogens with one attached hydrogen (secondary N) is 1. The van der Waals surface area contributed by atoms with E-state index in [-0.39, 0.29) is 5.91 Å². The van der Waals surface area contributed by atoms with Crippen LogP contribution < -0.4 is 15.8 Å². The molecule has 1 aliphatic rings. The molecule has 0 atom stereocenters. The van der Waals surface area contributed by atoms with Crippen molar-refractivity contribution in [1.82, 2.24) is 4.90 Å². The van der Waals surface area contributed by atoms with Crippen LogP contribution in [0.1, 0.15) is 19.3 Å². The van der Waals surface area contributed by atoms with Crippen molar-refractivity contribution in [2.45, 2.75) is 19.3 Å². The minimum Gasteiger partial charge on any atom is -0.495 e. The molecule has 104 valence electrons. The third-order valence-electron chi connectivity index (χ3n) is 3.40.